The minimum absolute atomic E-state index is 0.0421. The van der Waals surface area contributed by atoms with Crippen LogP contribution in [-0.2, 0) is 17.5 Å². The monoisotopic (exact) mass is 433 g/mol. The molecule has 31 heavy (non-hydrogen) atoms. The average Bonchev–Trinajstić information content (AvgIpc) is 3.29. The second-order valence-electron chi connectivity index (χ2n) is 7.24. The maximum absolute atomic E-state index is 13.2. The third-order valence-corrected chi connectivity index (χ3v) is 5.24. The van der Waals surface area contributed by atoms with Crippen molar-refractivity contribution in [1.82, 2.24) is 25.5 Å². The lowest BCUT2D eigenvalue weighted by molar-refractivity contribution is -0.146. The van der Waals surface area contributed by atoms with Crippen LogP contribution in [0.2, 0.25) is 0 Å². The van der Waals surface area contributed by atoms with E-state index in [9.17, 15) is 13.2 Å². The molecule has 0 radical (unpaired) electrons. The van der Waals surface area contributed by atoms with Gasteiger partial charge in [0.15, 0.2) is 0 Å². The van der Waals surface area contributed by atoms with Crippen LogP contribution in [0.15, 0.2) is 48.5 Å². The molecule has 0 bridgehead atoms. The maximum Gasteiger partial charge on any atom is 0.453 e. The predicted molar refractivity (Wildman–Crippen MR) is 106 cm³/mol. The maximum atomic E-state index is 13.2. The molecule has 2 aromatic carbocycles. The smallest absolute Gasteiger partial charge is 0.453 e. The standard InChI is InChI=1S/C21H22F3N5O2/c1-30-17-10-9-16(29-20(21(22,23)24)26-27-28-29)12-15(17)13-31-18-8-5-11-25-19(18)14-6-3-2-4-7-14/h2-4,6-7,9-10,12,18-19,25H,5,8,11,13H2,1H3/t18-,19-/m0/s1. The van der Waals surface area contributed by atoms with Gasteiger partial charge in [-0.05, 0) is 53.6 Å². The number of alkyl halides is 3. The summed E-state index contributed by atoms with van der Waals surface area (Å²) >= 11 is 0. The van der Waals surface area contributed by atoms with Gasteiger partial charge in [-0.25, -0.2) is 0 Å². The number of nitrogens with zero attached hydrogens (tertiary/aromatic N) is 4. The highest BCUT2D eigenvalue weighted by atomic mass is 19.4. The first-order valence-corrected chi connectivity index (χ1v) is 9.90. The Bertz CT molecular complexity index is 1010. The molecule has 10 heteroatoms. The Kier molecular flexibility index (Phi) is 6.19. The number of tetrazole rings is 1. The second kappa shape index (κ2) is 9.03. The van der Waals surface area contributed by atoms with Gasteiger partial charge in [-0.3, -0.25) is 0 Å². The van der Waals surface area contributed by atoms with E-state index in [2.05, 4.69) is 33.0 Å². The van der Waals surface area contributed by atoms with E-state index in [1.54, 1.807) is 12.1 Å². The zero-order chi connectivity index (χ0) is 21.8. The van der Waals surface area contributed by atoms with Crippen molar-refractivity contribution in [2.45, 2.75) is 37.8 Å². The summed E-state index contributed by atoms with van der Waals surface area (Å²) in [4.78, 5) is 0. The minimum atomic E-state index is -4.67. The Hall–Kier alpha value is -2.98. The molecule has 7 nitrogen and oxygen atoms in total. The highest BCUT2D eigenvalue weighted by Gasteiger charge is 2.38. The summed E-state index contributed by atoms with van der Waals surface area (Å²) in [6.07, 6.45) is -2.90. The first-order valence-electron chi connectivity index (χ1n) is 9.90. The van der Waals surface area contributed by atoms with E-state index >= 15 is 0 Å². The SMILES string of the molecule is COc1ccc(-n2nnnc2C(F)(F)F)cc1CO[C@H]1CCCN[C@H]1c1ccccc1. The van der Waals surface area contributed by atoms with Crippen LogP contribution in [0.5, 0.6) is 5.75 Å². The summed E-state index contributed by atoms with van der Waals surface area (Å²) in [6.45, 7) is 1.08. The van der Waals surface area contributed by atoms with Gasteiger partial charge in [0.2, 0.25) is 0 Å². The van der Waals surface area contributed by atoms with Gasteiger partial charge in [-0.2, -0.15) is 17.9 Å². The second-order valence-corrected chi connectivity index (χ2v) is 7.24. The summed E-state index contributed by atoms with van der Waals surface area (Å²) < 4.78 is 51.8. The fourth-order valence-corrected chi connectivity index (χ4v) is 3.78. The predicted octanol–water partition coefficient (Wildman–Crippen LogP) is 3.70. The van der Waals surface area contributed by atoms with Gasteiger partial charge in [0.25, 0.3) is 5.82 Å². The number of nitrogens with one attached hydrogen (secondary N) is 1. The van der Waals surface area contributed by atoms with E-state index in [4.69, 9.17) is 9.47 Å². The molecule has 1 aliphatic rings. The quantitative estimate of drug-likeness (QED) is 0.639. The van der Waals surface area contributed by atoms with Crippen LogP contribution in [0.3, 0.4) is 0 Å². The largest absolute Gasteiger partial charge is 0.496 e. The number of piperidine rings is 1. The van der Waals surface area contributed by atoms with Crippen molar-refractivity contribution in [2.24, 2.45) is 0 Å². The fraction of sp³-hybridized carbons (Fsp3) is 0.381. The van der Waals surface area contributed by atoms with Crippen LogP contribution in [0.4, 0.5) is 13.2 Å². The highest BCUT2D eigenvalue weighted by Crippen LogP contribution is 2.31. The zero-order valence-corrected chi connectivity index (χ0v) is 16.8. The Morgan fingerprint density at radius 2 is 1.97 bits per heavy atom. The topological polar surface area (TPSA) is 74.1 Å². The summed E-state index contributed by atoms with van der Waals surface area (Å²) in [6, 6.07) is 14.7. The van der Waals surface area contributed by atoms with Crippen molar-refractivity contribution in [3.05, 3.63) is 65.5 Å². The lowest BCUT2D eigenvalue weighted by Crippen LogP contribution is -2.39. The van der Waals surface area contributed by atoms with Crippen molar-refractivity contribution in [1.29, 1.82) is 0 Å². The van der Waals surface area contributed by atoms with Crippen LogP contribution in [-0.4, -0.2) is 40.0 Å². The molecule has 0 amide bonds. The van der Waals surface area contributed by atoms with Gasteiger partial charge < -0.3 is 14.8 Å². The number of rotatable bonds is 6. The Labute approximate surface area is 177 Å². The first-order chi connectivity index (χ1) is 15.0. The molecule has 1 aliphatic heterocycles. The van der Waals surface area contributed by atoms with Crippen LogP contribution < -0.4 is 10.1 Å². The Morgan fingerprint density at radius 3 is 2.71 bits per heavy atom. The van der Waals surface area contributed by atoms with Gasteiger partial charge in [0.05, 0.1) is 31.5 Å². The lowest BCUT2D eigenvalue weighted by Gasteiger charge is -2.33. The number of hydrogen-bond donors (Lipinski definition) is 1. The van der Waals surface area contributed by atoms with E-state index in [-0.39, 0.29) is 24.4 Å². The first kappa shape index (κ1) is 21.3. The summed E-state index contributed by atoms with van der Waals surface area (Å²) in [5.41, 5.74) is 1.93. The molecule has 2 atom stereocenters. The molecular formula is C21H22F3N5O2. The Morgan fingerprint density at radius 1 is 1.16 bits per heavy atom. The molecule has 1 N–H and O–H groups in total. The average molecular weight is 433 g/mol. The normalized spacial score (nSPS) is 19.4. The summed E-state index contributed by atoms with van der Waals surface area (Å²) in [7, 11) is 1.51. The van der Waals surface area contributed by atoms with Gasteiger partial charge in [0, 0.05) is 5.56 Å². The van der Waals surface area contributed by atoms with Gasteiger partial charge in [-0.1, -0.05) is 30.3 Å². The molecule has 0 aliphatic carbocycles. The van der Waals surface area contributed by atoms with Crippen molar-refractivity contribution >= 4 is 0 Å². The van der Waals surface area contributed by atoms with Crippen LogP contribution in [0, 0.1) is 0 Å². The van der Waals surface area contributed by atoms with Crippen LogP contribution in [0.25, 0.3) is 5.69 Å². The van der Waals surface area contributed by atoms with Crippen LogP contribution in [0.1, 0.15) is 35.8 Å². The molecular weight excluding hydrogens is 411 g/mol. The molecule has 4 rings (SSSR count). The van der Waals surface area contributed by atoms with Crippen molar-refractivity contribution in [3.63, 3.8) is 0 Å². The third kappa shape index (κ3) is 4.70. The third-order valence-electron chi connectivity index (χ3n) is 5.24. The van der Waals surface area contributed by atoms with E-state index in [1.807, 2.05) is 18.2 Å². The number of methoxy groups -OCH3 is 1. The van der Waals surface area contributed by atoms with Crippen LogP contribution >= 0.6 is 0 Å². The van der Waals surface area contributed by atoms with Gasteiger partial charge in [0.1, 0.15) is 5.75 Å². The Balaban J connectivity index is 1.57. The number of halogens is 3. The number of hydrogen-bond acceptors (Lipinski definition) is 6. The van der Waals surface area contributed by atoms with E-state index < -0.39 is 12.0 Å². The number of ether oxygens (including phenoxy) is 2. The summed E-state index contributed by atoms with van der Waals surface area (Å²) in [5.74, 6) is -0.671. The molecule has 164 valence electrons. The molecule has 0 saturated carbocycles. The van der Waals surface area contributed by atoms with Gasteiger partial charge in [-0.15, -0.1) is 5.10 Å². The van der Waals surface area contributed by atoms with E-state index in [0.717, 1.165) is 24.9 Å². The van der Waals surface area contributed by atoms with E-state index in [1.165, 1.54) is 13.2 Å². The van der Waals surface area contributed by atoms with Gasteiger partial charge >= 0.3 is 6.18 Å². The molecule has 1 saturated heterocycles. The molecule has 1 fully saturated rings. The lowest BCUT2D eigenvalue weighted by atomic mass is 9.94. The van der Waals surface area contributed by atoms with E-state index in [0.29, 0.717) is 16.0 Å². The molecule has 3 aromatic rings. The van der Waals surface area contributed by atoms with Crippen molar-refractivity contribution in [3.8, 4) is 11.4 Å². The molecule has 0 spiro atoms. The highest BCUT2D eigenvalue weighted by molar-refractivity contribution is 5.44. The summed E-state index contributed by atoms with van der Waals surface area (Å²) in [5, 5.41) is 13.3. The fourth-order valence-electron chi connectivity index (χ4n) is 3.78. The molecule has 2 heterocycles. The zero-order valence-electron chi connectivity index (χ0n) is 16.8. The number of benzene rings is 2. The van der Waals surface area contributed by atoms with Crippen molar-refractivity contribution < 1.29 is 22.6 Å². The minimum Gasteiger partial charge on any atom is -0.496 e. The van der Waals surface area contributed by atoms with Crippen molar-refractivity contribution in [2.75, 3.05) is 13.7 Å². The molecule has 0 unspecified atom stereocenters. The molecule has 1 aromatic heterocycles. The number of aromatic nitrogens is 4.